The molecule has 1 atom stereocenters. The minimum atomic E-state index is -0.210. The highest BCUT2D eigenvalue weighted by Gasteiger charge is 2.39. The lowest BCUT2D eigenvalue weighted by molar-refractivity contribution is -0.146. The average Bonchev–Trinajstić information content (AvgIpc) is 2.76. The Kier molecular flexibility index (Phi) is 4.22. The number of carbonyl (C=O) groups excluding carboxylic acids is 2. The highest BCUT2D eigenvalue weighted by atomic mass is 16.2. The summed E-state index contributed by atoms with van der Waals surface area (Å²) in [6.07, 6.45) is 1.77. The lowest BCUT2D eigenvalue weighted by atomic mass is 10.0. The number of hydrogen-bond donors (Lipinski definition) is 1. The summed E-state index contributed by atoms with van der Waals surface area (Å²) in [5, 5.41) is 3.11. The van der Waals surface area contributed by atoms with Gasteiger partial charge in [0.25, 0.3) is 0 Å². The number of nitrogens with zero attached hydrogens (tertiary/aromatic N) is 2. The second kappa shape index (κ2) is 5.69. The molecule has 5 heteroatoms. The van der Waals surface area contributed by atoms with Crippen molar-refractivity contribution in [2.45, 2.75) is 32.7 Å². The maximum Gasteiger partial charge on any atom is 0.245 e. The van der Waals surface area contributed by atoms with Crippen molar-refractivity contribution in [3.05, 3.63) is 0 Å². The third-order valence-electron chi connectivity index (χ3n) is 4.03. The Labute approximate surface area is 108 Å². The topological polar surface area (TPSA) is 52.7 Å². The van der Waals surface area contributed by atoms with Crippen LogP contribution in [-0.2, 0) is 9.59 Å². The number of rotatable bonds is 4. The zero-order valence-corrected chi connectivity index (χ0v) is 11.3. The number of nitrogens with one attached hydrogen (secondary N) is 1. The summed E-state index contributed by atoms with van der Waals surface area (Å²) in [7, 11) is 0. The molecule has 0 aromatic carbocycles. The van der Waals surface area contributed by atoms with Crippen LogP contribution in [0, 0.1) is 5.92 Å². The zero-order chi connectivity index (χ0) is 13.1. The van der Waals surface area contributed by atoms with E-state index in [4.69, 9.17) is 0 Å². The third kappa shape index (κ3) is 2.36. The van der Waals surface area contributed by atoms with Crippen molar-refractivity contribution in [1.82, 2.24) is 15.1 Å². The molecule has 2 fully saturated rings. The lowest BCUT2D eigenvalue weighted by Crippen LogP contribution is -2.55. The van der Waals surface area contributed by atoms with Crippen LogP contribution in [0.1, 0.15) is 26.7 Å². The van der Waals surface area contributed by atoms with E-state index >= 15 is 0 Å². The first-order valence-corrected chi connectivity index (χ1v) is 6.99. The van der Waals surface area contributed by atoms with Gasteiger partial charge in [0.05, 0.1) is 5.92 Å². The van der Waals surface area contributed by atoms with Crippen LogP contribution in [0.25, 0.3) is 0 Å². The van der Waals surface area contributed by atoms with Crippen molar-refractivity contribution in [2.75, 3.05) is 32.7 Å². The van der Waals surface area contributed by atoms with E-state index in [0.717, 1.165) is 45.6 Å². The molecule has 0 aromatic rings. The lowest BCUT2D eigenvalue weighted by Gasteiger charge is -2.34. The van der Waals surface area contributed by atoms with Gasteiger partial charge in [-0.3, -0.25) is 9.59 Å². The molecule has 1 N–H and O–H groups in total. The van der Waals surface area contributed by atoms with Gasteiger partial charge >= 0.3 is 0 Å². The predicted molar refractivity (Wildman–Crippen MR) is 69.0 cm³/mol. The van der Waals surface area contributed by atoms with E-state index in [9.17, 15) is 9.59 Å². The summed E-state index contributed by atoms with van der Waals surface area (Å²) in [5.41, 5.74) is 0. The van der Waals surface area contributed by atoms with E-state index in [1.54, 1.807) is 0 Å². The Balaban J connectivity index is 2.02. The molecule has 0 radical (unpaired) electrons. The number of likely N-dealkylation sites (tertiary alicyclic amines) is 1. The first kappa shape index (κ1) is 13.3. The SMILES string of the molecule is CCN(CC)C(=O)C1CCCN1C(=O)C1CNC1. The molecule has 102 valence electrons. The molecule has 2 aliphatic rings. The second-order valence-electron chi connectivity index (χ2n) is 5.06. The van der Waals surface area contributed by atoms with Gasteiger partial charge in [0.2, 0.25) is 11.8 Å². The minimum absolute atomic E-state index is 0.0927. The maximum absolute atomic E-state index is 12.4. The van der Waals surface area contributed by atoms with Crippen molar-refractivity contribution in [1.29, 1.82) is 0 Å². The Bertz CT molecular complexity index is 324. The molecule has 0 saturated carbocycles. The molecule has 0 aliphatic carbocycles. The van der Waals surface area contributed by atoms with Crippen molar-refractivity contribution < 1.29 is 9.59 Å². The van der Waals surface area contributed by atoms with Crippen LogP contribution in [0.3, 0.4) is 0 Å². The van der Waals surface area contributed by atoms with Gasteiger partial charge in [-0.25, -0.2) is 0 Å². The molecular formula is C13H23N3O2. The molecule has 2 rings (SSSR count). The van der Waals surface area contributed by atoms with Crippen LogP contribution in [0.5, 0.6) is 0 Å². The third-order valence-corrected chi connectivity index (χ3v) is 4.03. The van der Waals surface area contributed by atoms with Gasteiger partial charge < -0.3 is 15.1 Å². The molecule has 2 saturated heterocycles. The van der Waals surface area contributed by atoms with E-state index in [0.29, 0.717) is 0 Å². The monoisotopic (exact) mass is 253 g/mol. The van der Waals surface area contributed by atoms with E-state index in [-0.39, 0.29) is 23.8 Å². The van der Waals surface area contributed by atoms with Crippen LogP contribution in [0.2, 0.25) is 0 Å². The highest BCUT2D eigenvalue weighted by Crippen LogP contribution is 2.22. The average molecular weight is 253 g/mol. The number of carbonyl (C=O) groups is 2. The van der Waals surface area contributed by atoms with E-state index in [1.165, 1.54) is 0 Å². The largest absolute Gasteiger partial charge is 0.341 e. The Morgan fingerprint density at radius 2 is 1.94 bits per heavy atom. The summed E-state index contributed by atoms with van der Waals surface area (Å²) >= 11 is 0. The molecule has 2 amide bonds. The Morgan fingerprint density at radius 3 is 2.44 bits per heavy atom. The van der Waals surface area contributed by atoms with Crippen molar-refractivity contribution >= 4 is 11.8 Å². The van der Waals surface area contributed by atoms with Gasteiger partial charge in [0, 0.05) is 32.7 Å². The Hall–Kier alpha value is -1.10. The molecule has 18 heavy (non-hydrogen) atoms. The van der Waals surface area contributed by atoms with Gasteiger partial charge in [-0.1, -0.05) is 0 Å². The normalized spacial score (nSPS) is 23.9. The van der Waals surface area contributed by atoms with E-state index in [2.05, 4.69) is 5.32 Å². The first-order chi connectivity index (χ1) is 8.69. The second-order valence-corrected chi connectivity index (χ2v) is 5.06. The summed E-state index contributed by atoms with van der Waals surface area (Å²) < 4.78 is 0. The van der Waals surface area contributed by atoms with Crippen LogP contribution in [0.15, 0.2) is 0 Å². The van der Waals surface area contributed by atoms with Gasteiger partial charge in [0.1, 0.15) is 6.04 Å². The predicted octanol–water partition coefficient (Wildman–Crippen LogP) is 0.0652. The highest BCUT2D eigenvalue weighted by molar-refractivity contribution is 5.89. The van der Waals surface area contributed by atoms with Gasteiger partial charge in [-0.15, -0.1) is 0 Å². The van der Waals surface area contributed by atoms with Crippen molar-refractivity contribution in [2.24, 2.45) is 5.92 Å². The first-order valence-electron chi connectivity index (χ1n) is 6.99. The molecule has 2 aliphatic heterocycles. The Morgan fingerprint density at radius 1 is 1.28 bits per heavy atom. The fourth-order valence-electron chi connectivity index (χ4n) is 2.73. The summed E-state index contributed by atoms with van der Waals surface area (Å²) in [6, 6.07) is -0.210. The molecule has 0 aromatic heterocycles. The summed E-state index contributed by atoms with van der Waals surface area (Å²) in [4.78, 5) is 28.3. The minimum Gasteiger partial charge on any atom is -0.341 e. The molecule has 2 heterocycles. The number of likely N-dealkylation sites (N-methyl/N-ethyl adjacent to an activating group) is 1. The van der Waals surface area contributed by atoms with Crippen LogP contribution < -0.4 is 5.32 Å². The number of amides is 2. The number of hydrogen-bond acceptors (Lipinski definition) is 3. The molecular weight excluding hydrogens is 230 g/mol. The molecule has 5 nitrogen and oxygen atoms in total. The summed E-state index contributed by atoms with van der Waals surface area (Å²) in [5.74, 6) is 0.380. The van der Waals surface area contributed by atoms with Crippen molar-refractivity contribution in [3.63, 3.8) is 0 Å². The smallest absolute Gasteiger partial charge is 0.245 e. The van der Waals surface area contributed by atoms with Crippen LogP contribution >= 0.6 is 0 Å². The van der Waals surface area contributed by atoms with Gasteiger partial charge in [-0.05, 0) is 26.7 Å². The van der Waals surface area contributed by atoms with Crippen molar-refractivity contribution in [3.8, 4) is 0 Å². The fourth-order valence-corrected chi connectivity index (χ4v) is 2.73. The molecule has 0 spiro atoms. The van der Waals surface area contributed by atoms with E-state index in [1.807, 2.05) is 23.6 Å². The van der Waals surface area contributed by atoms with Gasteiger partial charge in [-0.2, -0.15) is 0 Å². The quantitative estimate of drug-likeness (QED) is 0.771. The van der Waals surface area contributed by atoms with Crippen LogP contribution in [-0.4, -0.2) is 60.4 Å². The van der Waals surface area contributed by atoms with E-state index < -0.39 is 0 Å². The molecule has 1 unspecified atom stereocenters. The summed E-state index contributed by atoms with van der Waals surface area (Å²) in [6.45, 7) is 7.68. The standard InChI is InChI=1S/C13H23N3O2/c1-3-15(4-2)13(18)11-6-5-7-16(11)12(17)10-8-14-9-10/h10-11,14H,3-9H2,1-2H3. The van der Waals surface area contributed by atoms with Gasteiger partial charge in [0.15, 0.2) is 0 Å². The molecule has 0 bridgehead atoms. The van der Waals surface area contributed by atoms with Crippen LogP contribution in [0.4, 0.5) is 0 Å². The fraction of sp³-hybridized carbons (Fsp3) is 0.846. The maximum atomic E-state index is 12.4. The zero-order valence-electron chi connectivity index (χ0n) is 11.3.